The van der Waals surface area contributed by atoms with Crippen LogP contribution in [0.25, 0.3) is 0 Å². The number of hydrogen-bond donors (Lipinski definition) is 0. The maximum Gasteiger partial charge on any atom is 0.339 e. The largest absolute Gasteiger partial charge is 0.462 e. The Morgan fingerprint density at radius 2 is 2.12 bits per heavy atom. The monoisotopic (exact) mass is 330 g/mol. The number of nitrogens with zero attached hydrogens (tertiary/aromatic N) is 2. The van der Waals surface area contributed by atoms with Gasteiger partial charge in [0.1, 0.15) is 17.7 Å². The van der Waals surface area contributed by atoms with Gasteiger partial charge in [-0.3, -0.25) is 0 Å². The van der Waals surface area contributed by atoms with Crippen LogP contribution in [0.1, 0.15) is 28.9 Å². The molecule has 3 rings (SSSR count). The van der Waals surface area contributed by atoms with Crippen LogP contribution in [0.2, 0.25) is 0 Å². The fourth-order valence-electron chi connectivity index (χ4n) is 2.64. The molecular weight excluding hydrogens is 311 g/mol. The maximum absolute atomic E-state index is 13.1. The first-order valence-electron chi connectivity index (χ1n) is 7.92. The van der Waals surface area contributed by atoms with E-state index in [1.807, 2.05) is 0 Å². The van der Waals surface area contributed by atoms with Gasteiger partial charge in [0, 0.05) is 19.3 Å². The van der Waals surface area contributed by atoms with Crippen molar-refractivity contribution in [1.82, 2.24) is 4.98 Å². The molecule has 1 aliphatic heterocycles. The van der Waals surface area contributed by atoms with Crippen LogP contribution in [-0.4, -0.2) is 37.3 Å². The van der Waals surface area contributed by atoms with E-state index in [2.05, 4.69) is 9.88 Å². The number of esters is 1. The third-order valence-electron chi connectivity index (χ3n) is 3.89. The zero-order valence-corrected chi connectivity index (χ0v) is 13.4. The van der Waals surface area contributed by atoms with Crippen molar-refractivity contribution in [2.45, 2.75) is 13.0 Å². The number of aromatic nitrogens is 1. The predicted molar refractivity (Wildman–Crippen MR) is 87.5 cm³/mol. The Kier molecular flexibility index (Phi) is 5.05. The van der Waals surface area contributed by atoms with Gasteiger partial charge in [0.05, 0.1) is 18.8 Å². The molecule has 0 saturated carbocycles. The van der Waals surface area contributed by atoms with Crippen molar-refractivity contribution in [3.05, 3.63) is 59.5 Å². The van der Waals surface area contributed by atoms with Crippen LogP contribution in [0.4, 0.5) is 10.2 Å². The molecular formula is C18H19FN2O3. The van der Waals surface area contributed by atoms with Gasteiger partial charge in [0.25, 0.3) is 0 Å². The van der Waals surface area contributed by atoms with E-state index >= 15 is 0 Å². The second-order valence-electron chi connectivity index (χ2n) is 5.48. The van der Waals surface area contributed by atoms with Crippen molar-refractivity contribution in [1.29, 1.82) is 0 Å². The minimum Gasteiger partial charge on any atom is -0.462 e. The summed E-state index contributed by atoms with van der Waals surface area (Å²) in [4.78, 5) is 18.1. The van der Waals surface area contributed by atoms with Crippen molar-refractivity contribution >= 4 is 11.8 Å². The predicted octanol–water partition coefficient (Wildman–Crippen LogP) is 2.98. The van der Waals surface area contributed by atoms with Crippen molar-refractivity contribution in [3.8, 4) is 0 Å². The SMILES string of the molecule is CCOC(=O)c1ccc(N2CCOC(c3ccc(F)cc3)C2)nc1. The molecule has 5 nitrogen and oxygen atoms in total. The fourth-order valence-corrected chi connectivity index (χ4v) is 2.64. The molecule has 1 aromatic carbocycles. The molecule has 0 bridgehead atoms. The average Bonchev–Trinajstić information content (AvgIpc) is 2.63. The van der Waals surface area contributed by atoms with Crippen LogP contribution in [0.3, 0.4) is 0 Å². The summed E-state index contributed by atoms with van der Waals surface area (Å²) in [6, 6.07) is 9.86. The van der Waals surface area contributed by atoms with Gasteiger partial charge in [0.2, 0.25) is 0 Å². The van der Waals surface area contributed by atoms with Crippen LogP contribution in [-0.2, 0) is 9.47 Å². The summed E-state index contributed by atoms with van der Waals surface area (Å²) in [7, 11) is 0. The summed E-state index contributed by atoms with van der Waals surface area (Å²) < 4.78 is 23.8. The zero-order chi connectivity index (χ0) is 16.9. The quantitative estimate of drug-likeness (QED) is 0.807. The highest BCUT2D eigenvalue weighted by atomic mass is 19.1. The van der Waals surface area contributed by atoms with Gasteiger partial charge in [-0.2, -0.15) is 0 Å². The average molecular weight is 330 g/mol. The van der Waals surface area contributed by atoms with Crippen LogP contribution < -0.4 is 4.90 Å². The zero-order valence-electron chi connectivity index (χ0n) is 13.4. The van der Waals surface area contributed by atoms with Crippen LogP contribution in [0.15, 0.2) is 42.6 Å². The molecule has 126 valence electrons. The van der Waals surface area contributed by atoms with E-state index in [1.165, 1.54) is 18.3 Å². The number of carbonyl (C=O) groups excluding carboxylic acids is 1. The minimum atomic E-state index is -0.372. The number of carbonyl (C=O) groups is 1. The lowest BCUT2D eigenvalue weighted by atomic mass is 10.1. The van der Waals surface area contributed by atoms with Crippen molar-refractivity contribution in [3.63, 3.8) is 0 Å². The molecule has 1 unspecified atom stereocenters. The first-order valence-corrected chi connectivity index (χ1v) is 7.92. The molecule has 0 spiro atoms. The Hall–Kier alpha value is -2.47. The lowest BCUT2D eigenvalue weighted by Crippen LogP contribution is -2.38. The Morgan fingerprint density at radius 3 is 2.79 bits per heavy atom. The van der Waals surface area contributed by atoms with Crippen molar-refractivity contribution in [2.24, 2.45) is 0 Å². The van der Waals surface area contributed by atoms with Crippen LogP contribution in [0.5, 0.6) is 0 Å². The molecule has 0 amide bonds. The number of rotatable bonds is 4. The van der Waals surface area contributed by atoms with E-state index < -0.39 is 0 Å². The van der Waals surface area contributed by atoms with Gasteiger partial charge >= 0.3 is 5.97 Å². The second-order valence-corrected chi connectivity index (χ2v) is 5.48. The van der Waals surface area contributed by atoms with E-state index in [-0.39, 0.29) is 17.9 Å². The number of benzene rings is 1. The molecule has 24 heavy (non-hydrogen) atoms. The summed E-state index contributed by atoms with van der Waals surface area (Å²) in [6.45, 7) is 4.00. The van der Waals surface area contributed by atoms with E-state index in [4.69, 9.17) is 9.47 Å². The molecule has 2 heterocycles. The lowest BCUT2D eigenvalue weighted by molar-refractivity contribution is 0.0394. The molecule has 0 aliphatic carbocycles. The molecule has 0 radical (unpaired) electrons. The third kappa shape index (κ3) is 3.71. The van der Waals surface area contributed by atoms with E-state index in [0.29, 0.717) is 31.9 Å². The minimum absolute atomic E-state index is 0.133. The molecule has 0 N–H and O–H groups in total. The molecule has 1 fully saturated rings. The van der Waals surface area contributed by atoms with E-state index in [9.17, 15) is 9.18 Å². The standard InChI is InChI=1S/C18H19FN2O3/c1-2-23-18(22)14-5-8-17(20-11-14)21-9-10-24-16(12-21)13-3-6-15(19)7-4-13/h3-8,11,16H,2,9-10,12H2,1H3. The summed E-state index contributed by atoms with van der Waals surface area (Å²) in [5.74, 6) is 0.142. The molecule has 1 aromatic heterocycles. The van der Waals surface area contributed by atoms with Gasteiger partial charge in [-0.1, -0.05) is 12.1 Å². The van der Waals surface area contributed by atoms with Crippen LogP contribution >= 0.6 is 0 Å². The van der Waals surface area contributed by atoms with Crippen LogP contribution in [0, 0.1) is 5.82 Å². The number of anilines is 1. The van der Waals surface area contributed by atoms with Gasteiger partial charge in [-0.15, -0.1) is 0 Å². The highest BCUT2D eigenvalue weighted by molar-refractivity contribution is 5.89. The first-order chi connectivity index (χ1) is 11.7. The molecule has 1 saturated heterocycles. The molecule has 2 aromatic rings. The molecule has 6 heteroatoms. The highest BCUT2D eigenvalue weighted by Crippen LogP contribution is 2.25. The number of ether oxygens (including phenoxy) is 2. The summed E-state index contributed by atoms with van der Waals surface area (Å²) in [5, 5.41) is 0. The van der Waals surface area contributed by atoms with E-state index in [0.717, 1.165) is 11.4 Å². The summed E-state index contributed by atoms with van der Waals surface area (Å²) >= 11 is 0. The van der Waals surface area contributed by atoms with Gasteiger partial charge < -0.3 is 14.4 Å². The summed E-state index contributed by atoms with van der Waals surface area (Å²) in [6.07, 6.45) is 1.39. The molecule has 1 atom stereocenters. The fraction of sp³-hybridized carbons (Fsp3) is 0.333. The Bertz CT molecular complexity index is 688. The number of halogens is 1. The van der Waals surface area contributed by atoms with Crippen molar-refractivity contribution < 1.29 is 18.7 Å². The lowest BCUT2D eigenvalue weighted by Gasteiger charge is -2.34. The Morgan fingerprint density at radius 1 is 1.33 bits per heavy atom. The van der Waals surface area contributed by atoms with Gasteiger partial charge in [0.15, 0.2) is 0 Å². The number of hydrogen-bond acceptors (Lipinski definition) is 5. The number of morpholine rings is 1. The maximum atomic E-state index is 13.1. The number of pyridine rings is 1. The Balaban J connectivity index is 1.70. The van der Waals surface area contributed by atoms with Crippen molar-refractivity contribution in [2.75, 3.05) is 31.2 Å². The normalized spacial score (nSPS) is 17.6. The molecule has 1 aliphatic rings. The smallest absolute Gasteiger partial charge is 0.339 e. The highest BCUT2D eigenvalue weighted by Gasteiger charge is 2.23. The second kappa shape index (κ2) is 7.40. The first kappa shape index (κ1) is 16.4. The summed E-state index contributed by atoms with van der Waals surface area (Å²) in [5.41, 5.74) is 1.37. The third-order valence-corrected chi connectivity index (χ3v) is 3.89. The van der Waals surface area contributed by atoms with Gasteiger partial charge in [-0.25, -0.2) is 14.2 Å². The Labute approximate surface area is 140 Å². The van der Waals surface area contributed by atoms with Gasteiger partial charge in [-0.05, 0) is 36.8 Å². The topological polar surface area (TPSA) is 51.7 Å². The van der Waals surface area contributed by atoms with E-state index in [1.54, 1.807) is 31.2 Å².